The summed E-state index contributed by atoms with van der Waals surface area (Å²) in [6, 6.07) is 8.87. The van der Waals surface area contributed by atoms with Crippen LogP contribution in [0.2, 0.25) is 0 Å². The quantitative estimate of drug-likeness (QED) is 0.762. The van der Waals surface area contributed by atoms with E-state index in [1.54, 1.807) is 24.5 Å². The van der Waals surface area contributed by atoms with Crippen LogP contribution in [0.1, 0.15) is 42.1 Å². The lowest BCUT2D eigenvalue weighted by Crippen LogP contribution is -2.19. The van der Waals surface area contributed by atoms with E-state index in [1.807, 2.05) is 13.8 Å². The summed E-state index contributed by atoms with van der Waals surface area (Å²) in [6.07, 6.45) is 3.33. The number of rotatable bonds is 6. The van der Waals surface area contributed by atoms with Crippen molar-refractivity contribution in [2.75, 3.05) is 0 Å². The monoisotopic (exact) mass is 299 g/mol. The second kappa shape index (κ2) is 7.07. The van der Waals surface area contributed by atoms with Crippen LogP contribution in [0.5, 0.6) is 0 Å². The summed E-state index contributed by atoms with van der Waals surface area (Å²) >= 11 is 0. The minimum atomic E-state index is -0.566. The van der Waals surface area contributed by atoms with Gasteiger partial charge in [0.15, 0.2) is 5.78 Å². The maximum atomic E-state index is 13.0. The summed E-state index contributed by atoms with van der Waals surface area (Å²) in [7, 11) is 0. The van der Waals surface area contributed by atoms with E-state index in [4.69, 9.17) is 0 Å². The van der Waals surface area contributed by atoms with E-state index in [0.717, 1.165) is 5.56 Å². The molecule has 114 valence electrons. The molecule has 1 heterocycles. The molecule has 0 aliphatic carbocycles. The van der Waals surface area contributed by atoms with Gasteiger partial charge in [0, 0.05) is 30.3 Å². The fourth-order valence-electron chi connectivity index (χ4n) is 2.21. The van der Waals surface area contributed by atoms with Gasteiger partial charge in [0.25, 0.3) is 0 Å². The Morgan fingerprint density at radius 1 is 1.05 bits per heavy atom. The molecular formula is C18H18FNO2. The van der Waals surface area contributed by atoms with Crippen molar-refractivity contribution < 1.29 is 14.0 Å². The first-order valence-electron chi connectivity index (χ1n) is 7.21. The van der Waals surface area contributed by atoms with Gasteiger partial charge < -0.3 is 0 Å². The normalized spacial score (nSPS) is 12.2. The number of nitrogens with zero attached hydrogens (tertiary/aromatic N) is 1. The highest BCUT2D eigenvalue weighted by atomic mass is 19.1. The maximum Gasteiger partial charge on any atom is 0.170 e. The van der Waals surface area contributed by atoms with E-state index < -0.39 is 11.7 Å². The largest absolute Gasteiger partial charge is 0.299 e. The third kappa shape index (κ3) is 3.85. The molecule has 0 unspecified atom stereocenters. The molecule has 2 aromatic rings. The highest BCUT2D eigenvalue weighted by molar-refractivity contribution is 6.03. The molecule has 0 aliphatic heterocycles. The van der Waals surface area contributed by atoms with E-state index in [1.165, 1.54) is 24.3 Å². The van der Waals surface area contributed by atoms with Crippen LogP contribution in [0.3, 0.4) is 0 Å². The zero-order chi connectivity index (χ0) is 16.1. The fourth-order valence-corrected chi connectivity index (χ4v) is 2.21. The number of hydrogen-bond acceptors (Lipinski definition) is 3. The Kier molecular flexibility index (Phi) is 5.15. The van der Waals surface area contributed by atoms with Crippen LogP contribution in [0, 0.1) is 11.7 Å². The number of pyridine rings is 1. The van der Waals surface area contributed by atoms with Gasteiger partial charge in [0.1, 0.15) is 11.6 Å². The number of hydrogen-bond donors (Lipinski definition) is 0. The fraction of sp³-hybridized carbons (Fsp3) is 0.278. The summed E-state index contributed by atoms with van der Waals surface area (Å²) < 4.78 is 13.0. The highest BCUT2D eigenvalue weighted by Gasteiger charge is 2.25. The number of halogens is 1. The number of benzene rings is 1. The maximum absolute atomic E-state index is 13.0. The Hall–Kier alpha value is -2.36. The first kappa shape index (κ1) is 16.0. The molecule has 0 radical (unpaired) electrons. The molecule has 0 saturated carbocycles. The molecule has 0 fully saturated rings. The Labute approximate surface area is 129 Å². The zero-order valence-corrected chi connectivity index (χ0v) is 12.6. The van der Waals surface area contributed by atoms with E-state index >= 15 is 0 Å². The molecule has 2 rings (SSSR count). The van der Waals surface area contributed by atoms with Gasteiger partial charge in [-0.15, -0.1) is 0 Å². The van der Waals surface area contributed by atoms with Crippen LogP contribution in [-0.4, -0.2) is 16.6 Å². The van der Waals surface area contributed by atoms with Crippen LogP contribution in [0.15, 0.2) is 48.8 Å². The molecule has 3 nitrogen and oxygen atoms in total. The molecule has 22 heavy (non-hydrogen) atoms. The second-order valence-electron chi connectivity index (χ2n) is 5.53. The first-order valence-corrected chi connectivity index (χ1v) is 7.21. The Bertz CT molecular complexity index is 651. The number of carbonyl (C=O) groups is 2. The molecule has 0 N–H and O–H groups in total. The van der Waals surface area contributed by atoms with Crippen molar-refractivity contribution in [3.05, 3.63) is 65.7 Å². The zero-order valence-electron chi connectivity index (χ0n) is 12.6. The SMILES string of the molecule is CC(C)C(=O)C[C@H](C(=O)c1ccc(F)cc1)c1ccncc1. The summed E-state index contributed by atoms with van der Waals surface area (Å²) in [5.74, 6) is -1.25. The first-order chi connectivity index (χ1) is 10.5. The van der Waals surface area contributed by atoms with Gasteiger partial charge in [0.2, 0.25) is 0 Å². The van der Waals surface area contributed by atoms with Crippen LogP contribution in [0.25, 0.3) is 0 Å². The van der Waals surface area contributed by atoms with Crippen LogP contribution < -0.4 is 0 Å². The van der Waals surface area contributed by atoms with Gasteiger partial charge in [-0.2, -0.15) is 0 Å². The van der Waals surface area contributed by atoms with Crippen molar-refractivity contribution in [1.29, 1.82) is 0 Å². The Morgan fingerprint density at radius 3 is 2.18 bits per heavy atom. The second-order valence-corrected chi connectivity index (χ2v) is 5.53. The Balaban J connectivity index is 2.33. The summed E-state index contributed by atoms with van der Waals surface area (Å²) in [5.41, 5.74) is 1.15. The molecule has 0 saturated heterocycles. The summed E-state index contributed by atoms with van der Waals surface area (Å²) in [6.45, 7) is 3.63. The van der Waals surface area contributed by atoms with Crippen molar-refractivity contribution in [3.63, 3.8) is 0 Å². The van der Waals surface area contributed by atoms with Gasteiger partial charge in [-0.3, -0.25) is 14.6 Å². The lowest BCUT2D eigenvalue weighted by Gasteiger charge is -2.17. The van der Waals surface area contributed by atoms with E-state index in [2.05, 4.69) is 4.98 Å². The van der Waals surface area contributed by atoms with Gasteiger partial charge in [-0.05, 0) is 42.0 Å². The standard InChI is InChI=1S/C18H18FNO2/c1-12(2)17(21)11-16(13-7-9-20-10-8-13)18(22)14-3-5-15(19)6-4-14/h3-10,12,16H,11H2,1-2H3/t16-/m0/s1. The number of Topliss-reactive ketones (excluding diaryl/α,β-unsaturated/α-hetero) is 2. The van der Waals surface area contributed by atoms with Crippen molar-refractivity contribution in [1.82, 2.24) is 4.98 Å². The molecule has 0 amide bonds. The summed E-state index contributed by atoms with van der Waals surface area (Å²) in [4.78, 5) is 28.7. The molecule has 1 atom stereocenters. The Morgan fingerprint density at radius 2 is 1.64 bits per heavy atom. The lowest BCUT2D eigenvalue weighted by molar-refractivity contribution is -0.122. The predicted octanol–water partition coefficient (Wildman–Crippen LogP) is 3.80. The van der Waals surface area contributed by atoms with Crippen molar-refractivity contribution in [3.8, 4) is 0 Å². The minimum absolute atomic E-state index is 0.0253. The van der Waals surface area contributed by atoms with Gasteiger partial charge in [-0.25, -0.2) is 4.39 Å². The number of carbonyl (C=O) groups excluding carboxylic acids is 2. The molecule has 0 bridgehead atoms. The number of ketones is 2. The molecule has 1 aromatic carbocycles. The highest BCUT2D eigenvalue weighted by Crippen LogP contribution is 2.26. The van der Waals surface area contributed by atoms with E-state index in [0.29, 0.717) is 5.56 Å². The van der Waals surface area contributed by atoms with Crippen LogP contribution in [0.4, 0.5) is 4.39 Å². The van der Waals surface area contributed by atoms with Crippen LogP contribution >= 0.6 is 0 Å². The molecule has 1 aromatic heterocycles. The van der Waals surface area contributed by atoms with Crippen LogP contribution in [-0.2, 0) is 4.79 Å². The van der Waals surface area contributed by atoms with Gasteiger partial charge in [0.05, 0.1) is 5.92 Å². The predicted molar refractivity (Wildman–Crippen MR) is 82.2 cm³/mol. The third-order valence-electron chi connectivity index (χ3n) is 3.60. The van der Waals surface area contributed by atoms with E-state index in [-0.39, 0.29) is 23.9 Å². The lowest BCUT2D eigenvalue weighted by atomic mass is 9.85. The van der Waals surface area contributed by atoms with E-state index in [9.17, 15) is 14.0 Å². The smallest absolute Gasteiger partial charge is 0.170 e. The van der Waals surface area contributed by atoms with Gasteiger partial charge >= 0.3 is 0 Å². The van der Waals surface area contributed by atoms with Crippen molar-refractivity contribution in [2.45, 2.75) is 26.2 Å². The average Bonchev–Trinajstić information content (AvgIpc) is 2.53. The van der Waals surface area contributed by atoms with Gasteiger partial charge in [-0.1, -0.05) is 13.8 Å². The average molecular weight is 299 g/mol. The third-order valence-corrected chi connectivity index (χ3v) is 3.60. The van der Waals surface area contributed by atoms with Crippen molar-refractivity contribution >= 4 is 11.6 Å². The molecule has 0 spiro atoms. The summed E-state index contributed by atoms with van der Waals surface area (Å²) in [5, 5.41) is 0. The minimum Gasteiger partial charge on any atom is -0.299 e. The molecule has 4 heteroatoms. The topological polar surface area (TPSA) is 47.0 Å². The molecular weight excluding hydrogens is 281 g/mol. The molecule has 0 aliphatic rings. The number of aromatic nitrogens is 1. The van der Waals surface area contributed by atoms with Crippen molar-refractivity contribution in [2.24, 2.45) is 5.92 Å².